The van der Waals surface area contributed by atoms with E-state index in [4.69, 9.17) is 0 Å². The second-order valence-electron chi connectivity index (χ2n) is 4.89. The standard InChI is InChI=1S/C15H27N3/c1-4-7-8-13(5-2)11-14(17-6-3)15-12-16-9-10-18-15/h9-10,12-14,17H,4-8,11H2,1-3H3. The van der Waals surface area contributed by atoms with Gasteiger partial charge in [-0.05, 0) is 18.9 Å². The van der Waals surface area contributed by atoms with Crippen LogP contribution in [0.1, 0.15) is 64.6 Å². The van der Waals surface area contributed by atoms with Crippen LogP contribution in [0.25, 0.3) is 0 Å². The molecular weight excluding hydrogens is 222 g/mol. The van der Waals surface area contributed by atoms with E-state index in [0.29, 0.717) is 6.04 Å². The maximum atomic E-state index is 4.44. The lowest BCUT2D eigenvalue weighted by molar-refractivity contribution is 0.352. The number of aromatic nitrogens is 2. The first kappa shape index (κ1) is 15.1. The predicted molar refractivity (Wildman–Crippen MR) is 76.4 cm³/mol. The zero-order chi connectivity index (χ0) is 13.2. The van der Waals surface area contributed by atoms with Gasteiger partial charge < -0.3 is 5.32 Å². The van der Waals surface area contributed by atoms with Crippen molar-refractivity contribution >= 4 is 0 Å². The Morgan fingerprint density at radius 1 is 1.22 bits per heavy atom. The highest BCUT2D eigenvalue weighted by atomic mass is 14.9. The summed E-state index contributed by atoms with van der Waals surface area (Å²) in [7, 11) is 0. The molecule has 3 heteroatoms. The minimum atomic E-state index is 0.352. The van der Waals surface area contributed by atoms with Gasteiger partial charge in [0, 0.05) is 18.6 Å². The molecule has 0 aliphatic rings. The van der Waals surface area contributed by atoms with Crippen LogP contribution in [0.3, 0.4) is 0 Å². The van der Waals surface area contributed by atoms with E-state index in [1.807, 2.05) is 6.20 Å². The molecule has 0 amide bonds. The fourth-order valence-corrected chi connectivity index (χ4v) is 2.36. The SMILES string of the molecule is CCCCC(CC)CC(NCC)c1cnccn1. The number of rotatable bonds is 9. The van der Waals surface area contributed by atoms with Crippen LogP contribution in [-0.4, -0.2) is 16.5 Å². The molecule has 102 valence electrons. The van der Waals surface area contributed by atoms with Gasteiger partial charge in [0.1, 0.15) is 0 Å². The summed E-state index contributed by atoms with van der Waals surface area (Å²) < 4.78 is 0. The molecule has 1 N–H and O–H groups in total. The summed E-state index contributed by atoms with van der Waals surface area (Å²) in [5, 5.41) is 3.54. The lowest BCUT2D eigenvalue weighted by Crippen LogP contribution is -2.24. The van der Waals surface area contributed by atoms with Crippen molar-refractivity contribution < 1.29 is 0 Å². The molecule has 2 atom stereocenters. The predicted octanol–water partition coefficient (Wildman–Crippen LogP) is 3.73. The molecule has 0 saturated carbocycles. The third-order valence-corrected chi connectivity index (χ3v) is 3.50. The molecule has 0 saturated heterocycles. The van der Waals surface area contributed by atoms with Crippen molar-refractivity contribution in [2.75, 3.05) is 6.54 Å². The highest BCUT2D eigenvalue weighted by Gasteiger charge is 2.17. The van der Waals surface area contributed by atoms with Gasteiger partial charge in [-0.15, -0.1) is 0 Å². The summed E-state index contributed by atoms with van der Waals surface area (Å²) in [6.07, 6.45) is 11.8. The largest absolute Gasteiger partial charge is 0.309 e. The second kappa shape index (κ2) is 9.03. The average Bonchev–Trinajstić information content (AvgIpc) is 2.43. The van der Waals surface area contributed by atoms with E-state index in [1.165, 1.54) is 32.1 Å². The van der Waals surface area contributed by atoms with E-state index in [9.17, 15) is 0 Å². The van der Waals surface area contributed by atoms with Crippen LogP contribution in [0, 0.1) is 5.92 Å². The van der Waals surface area contributed by atoms with Gasteiger partial charge in [0.05, 0.1) is 11.7 Å². The summed E-state index contributed by atoms with van der Waals surface area (Å²) in [6.45, 7) is 7.68. The normalized spacial score (nSPS) is 14.4. The van der Waals surface area contributed by atoms with Crippen molar-refractivity contribution in [3.63, 3.8) is 0 Å². The highest BCUT2D eigenvalue weighted by molar-refractivity contribution is 5.02. The summed E-state index contributed by atoms with van der Waals surface area (Å²) in [4.78, 5) is 8.62. The monoisotopic (exact) mass is 249 g/mol. The third-order valence-electron chi connectivity index (χ3n) is 3.50. The molecule has 1 aromatic heterocycles. The summed E-state index contributed by atoms with van der Waals surface area (Å²) in [6, 6.07) is 0.352. The third kappa shape index (κ3) is 5.13. The van der Waals surface area contributed by atoms with Crippen molar-refractivity contribution in [2.24, 2.45) is 5.92 Å². The molecule has 1 aromatic rings. The molecule has 0 fully saturated rings. The second-order valence-corrected chi connectivity index (χ2v) is 4.89. The zero-order valence-electron chi connectivity index (χ0n) is 12.0. The lowest BCUT2D eigenvalue weighted by Gasteiger charge is -2.22. The first-order valence-electron chi connectivity index (χ1n) is 7.31. The van der Waals surface area contributed by atoms with Gasteiger partial charge >= 0.3 is 0 Å². The molecule has 1 rings (SSSR count). The van der Waals surface area contributed by atoms with Gasteiger partial charge in [0.25, 0.3) is 0 Å². The van der Waals surface area contributed by atoms with Crippen molar-refractivity contribution in [3.8, 4) is 0 Å². The zero-order valence-corrected chi connectivity index (χ0v) is 12.0. The Morgan fingerprint density at radius 3 is 2.61 bits per heavy atom. The van der Waals surface area contributed by atoms with Crippen molar-refractivity contribution in [1.82, 2.24) is 15.3 Å². The molecule has 0 aliphatic heterocycles. The van der Waals surface area contributed by atoms with Gasteiger partial charge in [-0.1, -0.05) is 46.5 Å². The van der Waals surface area contributed by atoms with Crippen LogP contribution in [0.5, 0.6) is 0 Å². The molecule has 0 spiro atoms. The fourth-order valence-electron chi connectivity index (χ4n) is 2.36. The fraction of sp³-hybridized carbons (Fsp3) is 0.733. The molecule has 1 heterocycles. The summed E-state index contributed by atoms with van der Waals surface area (Å²) >= 11 is 0. The number of hydrogen-bond acceptors (Lipinski definition) is 3. The van der Waals surface area contributed by atoms with Crippen LogP contribution in [0.2, 0.25) is 0 Å². The maximum Gasteiger partial charge on any atom is 0.0756 e. The van der Waals surface area contributed by atoms with E-state index < -0.39 is 0 Å². The number of unbranched alkanes of at least 4 members (excludes halogenated alkanes) is 1. The smallest absolute Gasteiger partial charge is 0.0756 e. The molecule has 18 heavy (non-hydrogen) atoms. The number of nitrogens with zero attached hydrogens (tertiary/aromatic N) is 2. The summed E-state index contributed by atoms with van der Waals surface area (Å²) in [5.41, 5.74) is 1.08. The Hall–Kier alpha value is -0.960. The quantitative estimate of drug-likeness (QED) is 0.724. The van der Waals surface area contributed by atoms with Crippen LogP contribution >= 0.6 is 0 Å². The Labute approximate surface area is 111 Å². The molecule has 3 nitrogen and oxygen atoms in total. The van der Waals surface area contributed by atoms with Crippen LogP contribution in [-0.2, 0) is 0 Å². The first-order chi connectivity index (χ1) is 8.81. The topological polar surface area (TPSA) is 37.8 Å². The number of hydrogen-bond donors (Lipinski definition) is 1. The molecular formula is C15H27N3. The average molecular weight is 249 g/mol. The highest BCUT2D eigenvalue weighted by Crippen LogP contribution is 2.25. The Morgan fingerprint density at radius 2 is 2.06 bits per heavy atom. The molecule has 2 unspecified atom stereocenters. The first-order valence-corrected chi connectivity index (χ1v) is 7.31. The van der Waals surface area contributed by atoms with Gasteiger partial charge in [0.2, 0.25) is 0 Å². The molecule has 0 bridgehead atoms. The van der Waals surface area contributed by atoms with Gasteiger partial charge in [-0.25, -0.2) is 0 Å². The molecule has 0 aliphatic carbocycles. The van der Waals surface area contributed by atoms with E-state index in [-0.39, 0.29) is 0 Å². The van der Waals surface area contributed by atoms with Crippen molar-refractivity contribution in [3.05, 3.63) is 24.3 Å². The van der Waals surface area contributed by atoms with E-state index in [1.54, 1.807) is 12.4 Å². The summed E-state index contributed by atoms with van der Waals surface area (Å²) in [5.74, 6) is 0.788. The number of nitrogens with one attached hydrogen (secondary N) is 1. The molecule has 0 radical (unpaired) electrons. The molecule has 0 aromatic carbocycles. The van der Waals surface area contributed by atoms with E-state index in [0.717, 1.165) is 18.2 Å². The van der Waals surface area contributed by atoms with Gasteiger partial charge in [-0.3, -0.25) is 9.97 Å². The van der Waals surface area contributed by atoms with E-state index in [2.05, 4.69) is 36.1 Å². The van der Waals surface area contributed by atoms with E-state index >= 15 is 0 Å². The Kier molecular flexibility index (Phi) is 7.58. The van der Waals surface area contributed by atoms with Crippen molar-refractivity contribution in [1.29, 1.82) is 0 Å². The lowest BCUT2D eigenvalue weighted by atomic mass is 9.91. The van der Waals surface area contributed by atoms with Crippen LogP contribution in [0.15, 0.2) is 18.6 Å². The van der Waals surface area contributed by atoms with Crippen LogP contribution < -0.4 is 5.32 Å². The van der Waals surface area contributed by atoms with Gasteiger partial charge in [-0.2, -0.15) is 0 Å². The van der Waals surface area contributed by atoms with Gasteiger partial charge in [0.15, 0.2) is 0 Å². The minimum Gasteiger partial charge on any atom is -0.309 e. The van der Waals surface area contributed by atoms with Crippen molar-refractivity contribution in [2.45, 2.75) is 58.9 Å². The minimum absolute atomic E-state index is 0.352. The van der Waals surface area contributed by atoms with Crippen LogP contribution in [0.4, 0.5) is 0 Å². The Bertz CT molecular complexity index is 300. The maximum absolute atomic E-state index is 4.44. The Balaban J connectivity index is 2.61.